The van der Waals surface area contributed by atoms with Crippen LogP contribution >= 0.6 is 63.7 Å². The van der Waals surface area contributed by atoms with E-state index in [0.29, 0.717) is 51.5 Å². The topological polar surface area (TPSA) is 65.7 Å². The lowest BCUT2D eigenvalue weighted by Gasteiger charge is -2.21. The minimum atomic E-state index is -0.420. The fourth-order valence-electron chi connectivity index (χ4n) is 3.69. The van der Waals surface area contributed by atoms with Crippen molar-refractivity contribution in [2.24, 2.45) is 5.10 Å². The van der Waals surface area contributed by atoms with E-state index in [2.05, 4.69) is 68.8 Å². The Balaban J connectivity index is 1.77. The summed E-state index contributed by atoms with van der Waals surface area (Å²) >= 11 is 14.2. The standard InChI is InChI=1S/C28H25Br4N3O3/c1-5-37-22-12-17(23(31)24(32)25(22)38-15-16-6-8-18(29)9-7-16)14-33-35-26(36)20-13-19(30)10-11-21(20)34-27(35)28(2,3)4/h6-14H,5,15H2,1-4H3. The van der Waals surface area contributed by atoms with Gasteiger partial charge in [-0.1, -0.05) is 64.8 Å². The number of aromatic nitrogens is 2. The highest BCUT2D eigenvalue weighted by Gasteiger charge is 2.23. The summed E-state index contributed by atoms with van der Waals surface area (Å²) < 4.78 is 16.7. The van der Waals surface area contributed by atoms with Crippen LogP contribution in [-0.2, 0) is 12.0 Å². The van der Waals surface area contributed by atoms with Crippen LogP contribution in [0.2, 0.25) is 0 Å². The number of nitrogens with zero attached hydrogens (tertiary/aromatic N) is 3. The predicted molar refractivity (Wildman–Crippen MR) is 167 cm³/mol. The van der Waals surface area contributed by atoms with Gasteiger partial charge in [-0.25, -0.2) is 4.98 Å². The number of fused-ring (bicyclic) bond motifs is 1. The molecular weight excluding hydrogens is 746 g/mol. The van der Waals surface area contributed by atoms with Crippen molar-refractivity contribution in [3.05, 3.63) is 93.7 Å². The Morgan fingerprint density at radius 1 is 0.947 bits per heavy atom. The van der Waals surface area contributed by atoms with Crippen LogP contribution < -0.4 is 15.0 Å². The third kappa shape index (κ3) is 6.41. The summed E-state index contributed by atoms with van der Waals surface area (Å²) in [4.78, 5) is 18.3. The molecule has 0 spiro atoms. The molecular formula is C28H25Br4N3O3. The molecule has 38 heavy (non-hydrogen) atoms. The molecule has 0 saturated carbocycles. The Labute approximate surface area is 255 Å². The summed E-state index contributed by atoms with van der Waals surface area (Å²) in [5.41, 5.74) is 1.69. The zero-order chi connectivity index (χ0) is 27.6. The van der Waals surface area contributed by atoms with E-state index in [9.17, 15) is 4.79 Å². The largest absolute Gasteiger partial charge is 0.490 e. The Kier molecular flexibility index (Phi) is 9.17. The van der Waals surface area contributed by atoms with Crippen molar-refractivity contribution < 1.29 is 9.47 Å². The lowest BCUT2D eigenvalue weighted by Crippen LogP contribution is -2.29. The Morgan fingerprint density at radius 2 is 1.63 bits per heavy atom. The maximum atomic E-state index is 13.5. The quantitative estimate of drug-likeness (QED) is 0.177. The number of hydrogen-bond donors (Lipinski definition) is 0. The first-order chi connectivity index (χ1) is 18.0. The maximum Gasteiger partial charge on any atom is 0.282 e. The van der Waals surface area contributed by atoms with Gasteiger partial charge in [-0.2, -0.15) is 9.78 Å². The second-order valence-electron chi connectivity index (χ2n) is 9.48. The fraction of sp³-hybridized carbons (Fsp3) is 0.250. The summed E-state index contributed by atoms with van der Waals surface area (Å²) in [6.45, 7) is 8.75. The van der Waals surface area contributed by atoms with Crippen molar-refractivity contribution in [3.8, 4) is 11.5 Å². The number of halogens is 4. The lowest BCUT2D eigenvalue weighted by molar-refractivity contribution is 0.267. The second-order valence-corrected chi connectivity index (χ2v) is 12.9. The van der Waals surface area contributed by atoms with E-state index in [1.165, 1.54) is 4.68 Å². The summed E-state index contributed by atoms with van der Waals surface area (Å²) in [7, 11) is 0. The zero-order valence-electron chi connectivity index (χ0n) is 21.2. The van der Waals surface area contributed by atoms with Gasteiger partial charge in [-0.15, -0.1) is 0 Å². The summed E-state index contributed by atoms with van der Waals surface area (Å²) in [5.74, 6) is 1.69. The first-order valence-corrected chi connectivity index (χ1v) is 15.0. The van der Waals surface area contributed by atoms with Gasteiger partial charge in [0.1, 0.15) is 12.4 Å². The van der Waals surface area contributed by atoms with Crippen LogP contribution in [0.4, 0.5) is 0 Å². The van der Waals surface area contributed by atoms with E-state index in [4.69, 9.17) is 14.5 Å². The second kappa shape index (κ2) is 12.0. The molecule has 3 aromatic carbocycles. The molecule has 0 aliphatic rings. The minimum absolute atomic E-state index is 0.243. The molecule has 0 aliphatic heterocycles. The molecule has 0 amide bonds. The number of rotatable bonds is 7. The molecule has 0 radical (unpaired) electrons. The SMILES string of the molecule is CCOc1cc(C=Nn2c(C(C)(C)C)nc3ccc(Br)cc3c2=O)c(Br)c(Br)c1OCc1ccc(Br)cc1. The van der Waals surface area contributed by atoms with Gasteiger partial charge in [0.2, 0.25) is 0 Å². The van der Waals surface area contributed by atoms with Crippen molar-refractivity contribution in [2.75, 3.05) is 6.61 Å². The molecule has 0 bridgehead atoms. The lowest BCUT2D eigenvalue weighted by atomic mass is 9.95. The van der Waals surface area contributed by atoms with E-state index in [-0.39, 0.29) is 5.56 Å². The van der Waals surface area contributed by atoms with Gasteiger partial charge in [-0.05, 0) is 80.7 Å². The van der Waals surface area contributed by atoms with E-state index in [1.807, 2.05) is 70.2 Å². The highest BCUT2D eigenvalue weighted by molar-refractivity contribution is 9.13. The maximum absolute atomic E-state index is 13.5. The van der Waals surface area contributed by atoms with Gasteiger partial charge in [0, 0.05) is 24.4 Å². The third-order valence-electron chi connectivity index (χ3n) is 5.54. The van der Waals surface area contributed by atoms with E-state index in [1.54, 1.807) is 12.3 Å². The van der Waals surface area contributed by atoms with Crippen molar-refractivity contribution in [3.63, 3.8) is 0 Å². The molecule has 0 unspecified atom stereocenters. The van der Waals surface area contributed by atoms with Crippen LogP contribution in [0.1, 0.15) is 44.6 Å². The molecule has 0 saturated heterocycles. The van der Waals surface area contributed by atoms with Crippen LogP contribution in [0.3, 0.4) is 0 Å². The van der Waals surface area contributed by atoms with Gasteiger partial charge in [-0.3, -0.25) is 4.79 Å². The molecule has 1 aromatic heterocycles. The number of hydrogen-bond acceptors (Lipinski definition) is 5. The molecule has 4 rings (SSSR count). The van der Waals surface area contributed by atoms with E-state index in [0.717, 1.165) is 19.0 Å². The van der Waals surface area contributed by atoms with Gasteiger partial charge in [0.15, 0.2) is 11.5 Å². The number of benzene rings is 3. The Morgan fingerprint density at radius 3 is 2.29 bits per heavy atom. The monoisotopic (exact) mass is 767 g/mol. The van der Waals surface area contributed by atoms with Crippen molar-refractivity contribution in [1.29, 1.82) is 0 Å². The van der Waals surface area contributed by atoms with Crippen molar-refractivity contribution >= 4 is 80.8 Å². The highest BCUT2D eigenvalue weighted by atomic mass is 79.9. The van der Waals surface area contributed by atoms with E-state index >= 15 is 0 Å². The molecule has 1 heterocycles. The Hall–Kier alpha value is -2.01. The normalized spacial score (nSPS) is 11.9. The van der Waals surface area contributed by atoms with Crippen LogP contribution in [0, 0.1) is 0 Å². The van der Waals surface area contributed by atoms with E-state index < -0.39 is 5.41 Å². The first kappa shape index (κ1) is 29.0. The van der Waals surface area contributed by atoms with Crippen LogP contribution in [0.25, 0.3) is 10.9 Å². The molecule has 6 nitrogen and oxygen atoms in total. The average molecular weight is 771 g/mol. The van der Waals surface area contributed by atoms with Crippen LogP contribution in [0.15, 0.2) is 76.3 Å². The van der Waals surface area contributed by atoms with Crippen molar-refractivity contribution in [1.82, 2.24) is 9.66 Å². The van der Waals surface area contributed by atoms with Gasteiger partial charge >= 0.3 is 0 Å². The van der Waals surface area contributed by atoms with Gasteiger partial charge in [0.25, 0.3) is 5.56 Å². The highest BCUT2D eigenvalue weighted by Crippen LogP contribution is 2.43. The summed E-state index contributed by atoms with van der Waals surface area (Å²) in [6, 6.07) is 15.2. The molecule has 198 valence electrons. The fourth-order valence-corrected chi connectivity index (χ4v) is 5.25. The smallest absolute Gasteiger partial charge is 0.282 e. The first-order valence-electron chi connectivity index (χ1n) is 11.8. The average Bonchev–Trinajstić information content (AvgIpc) is 2.86. The zero-order valence-corrected chi connectivity index (χ0v) is 27.5. The predicted octanol–water partition coefficient (Wildman–Crippen LogP) is 8.60. The molecule has 0 fully saturated rings. The number of ether oxygens (including phenoxy) is 2. The molecule has 0 atom stereocenters. The van der Waals surface area contributed by atoms with Crippen LogP contribution in [-0.4, -0.2) is 22.5 Å². The molecule has 0 N–H and O–H groups in total. The third-order valence-corrected chi connectivity index (χ3v) is 8.71. The molecule has 4 aromatic rings. The molecule has 10 heteroatoms. The van der Waals surface area contributed by atoms with Gasteiger partial charge < -0.3 is 9.47 Å². The summed E-state index contributed by atoms with van der Waals surface area (Å²) in [6.07, 6.45) is 1.62. The molecule has 0 aliphatic carbocycles. The van der Waals surface area contributed by atoms with Gasteiger partial charge in [0.05, 0.1) is 28.2 Å². The Bertz CT molecular complexity index is 1580. The van der Waals surface area contributed by atoms with Crippen LogP contribution in [0.5, 0.6) is 11.5 Å². The minimum Gasteiger partial charge on any atom is -0.490 e. The summed E-state index contributed by atoms with van der Waals surface area (Å²) in [5, 5.41) is 5.09. The van der Waals surface area contributed by atoms with Crippen molar-refractivity contribution in [2.45, 2.75) is 39.7 Å².